The number of hydrogen-bond acceptors (Lipinski definition) is 1. The van der Waals surface area contributed by atoms with Crippen LogP contribution in [0.2, 0.25) is 0 Å². The molecule has 17 heavy (non-hydrogen) atoms. The van der Waals surface area contributed by atoms with Crippen molar-refractivity contribution in [1.82, 2.24) is 0 Å². The van der Waals surface area contributed by atoms with Gasteiger partial charge >= 0.3 is 0 Å². The minimum atomic E-state index is 0.362. The zero-order valence-corrected chi connectivity index (χ0v) is 9.76. The molecule has 0 heterocycles. The summed E-state index contributed by atoms with van der Waals surface area (Å²) in [5, 5.41) is 0. The van der Waals surface area contributed by atoms with Crippen LogP contribution >= 0.6 is 0 Å². The van der Waals surface area contributed by atoms with Crippen LogP contribution in [0.5, 0.6) is 5.75 Å². The predicted octanol–water partition coefficient (Wildman–Crippen LogP) is 3.85. The van der Waals surface area contributed by atoms with Crippen molar-refractivity contribution in [3.8, 4) is 5.75 Å². The Kier molecular flexibility index (Phi) is 2.45. The second-order valence-electron chi connectivity index (χ2n) is 4.24. The fourth-order valence-electron chi connectivity index (χ4n) is 2.36. The third-order valence-corrected chi connectivity index (χ3v) is 3.26. The molecule has 1 heteroatoms. The highest BCUT2D eigenvalue weighted by molar-refractivity contribution is 5.66. The Bertz CT molecular complexity index is 555. The zero-order chi connectivity index (χ0) is 11.7. The molecule has 2 aromatic rings. The van der Waals surface area contributed by atoms with Gasteiger partial charge in [-0.15, -0.1) is 0 Å². The van der Waals surface area contributed by atoms with E-state index in [1.165, 1.54) is 16.7 Å². The van der Waals surface area contributed by atoms with Crippen molar-refractivity contribution in [2.75, 3.05) is 7.11 Å². The van der Waals surface area contributed by atoms with Crippen molar-refractivity contribution in [2.24, 2.45) is 0 Å². The fourth-order valence-corrected chi connectivity index (χ4v) is 2.36. The summed E-state index contributed by atoms with van der Waals surface area (Å²) in [4.78, 5) is 0. The zero-order valence-electron chi connectivity index (χ0n) is 9.76. The van der Waals surface area contributed by atoms with E-state index in [0.29, 0.717) is 5.92 Å². The number of hydrogen-bond donors (Lipinski definition) is 0. The van der Waals surface area contributed by atoms with E-state index < -0.39 is 0 Å². The van der Waals surface area contributed by atoms with Gasteiger partial charge in [0.05, 0.1) is 7.11 Å². The molecule has 0 saturated carbocycles. The van der Waals surface area contributed by atoms with Crippen LogP contribution in [-0.4, -0.2) is 7.11 Å². The van der Waals surface area contributed by atoms with Crippen molar-refractivity contribution in [2.45, 2.75) is 5.92 Å². The average molecular weight is 222 g/mol. The first kappa shape index (κ1) is 10.2. The van der Waals surface area contributed by atoms with Gasteiger partial charge in [-0.3, -0.25) is 0 Å². The summed E-state index contributed by atoms with van der Waals surface area (Å²) in [5.41, 5.74) is 3.95. The van der Waals surface area contributed by atoms with Crippen LogP contribution in [0, 0.1) is 0 Å². The SMILES string of the molecule is COc1ccc2c(c1)[C@@H](c1ccccc1)C=C2. The molecule has 3 rings (SSSR count). The van der Waals surface area contributed by atoms with E-state index in [1.807, 2.05) is 6.07 Å². The van der Waals surface area contributed by atoms with Gasteiger partial charge in [0, 0.05) is 5.92 Å². The van der Waals surface area contributed by atoms with E-state index in [2.05, 4.69) is 54.6 Å². The minimum Gasteiger partial charge on any atom is -0.497 e. The molecule has 0 N–H and O–H groups in total. The van der Waals surface area contributed by atoms with Crippen molar-refractivity contribution < 1.29 is 4.74 Å². The van der Waals surface area contributed by atoms with Crippen molar-refractivity contribution >= 4 is 6.08 Å². The van der Waals surface area contributed by atoms with E-state index in [0.717, 1.165) is 5.75 Å². The summed E-state index contributed by atoms with van der Waals surface area (Å²) in [6.45, 7) is 0. The molecule has 0 aliphatic heterocycles. The van der Waals surface area contributed by atoms with Crippen LogP contribution in [0.3, 0.4) is 0 Å². The van der Waals surface area contributed by atoms with Crippen molar-refractivity contribution in [3.63, 3.8) is 0 Å². The largest absolute Gasteiger partial charge is 0.497 e. The molecule has 84 valence electrons. The van der Waals surface area contributed by atoms with Gasteiger partial charge in [-0.1, -0.05) is 48.6 Å². The number of rotatable bonds is 2. The van der Waals surface area contributed by atoms with Crippen LogP contribution in [-0.2, 0) is 0 Å². The number of methoxy groups -OCH3 is 1. The first-order valence-electron chi connectivity index (χ1n) is 5.79. The van der Waals surface area contributed by atoms with Gasteiger partial charge in [0.2, 0.25) is 0 Å². The molecule has 2 aromatic carbocycles. The lowest BCUT2D eigenvalue weighted by Gasteiger charge is -2.12. The monoisotopic (exact) mass is 222 g/mol. The highest BCUT2D eigenvalue weighted by Gasteiger charge is 2.19. The summed E-state index contributed by atoms with van der Waals surface area (Å²) >= 11 is 0. The van der Waals surface area contributed by atoms with Gasteiger partial charge in [-0.2, -0.15) is 0 Å². The maximum absolute atomic E-state index is 5.30. The summed E-state index contributed by atoms with van der Waals surface area (Å²) in [6, 6.07) is 16.8. The molecule has 1 nitrogen and oxygen atoms in total. The van der Waals surface area contributed by atoms with Crippen molar-refractivity contribution in [3.05, 3.63) is 71.3 Å². The third-order valence-electron chi connectivity index (χ3n) is 3.26. The van der Waals surface area contributed by atoms with Crippen LogP contribution in [0.15, 0.2) is 54.6 Å². The second-order valence-corrected chi connectivity index (χ2v) is 4.24. The predicted molar refractivity (Wildman–Crippen MR) is 70.3 cm³/mol. The highest BCUT2D eigenvalue weighted by Crippen LogP contribution is 2.37. The third kappa shape index (κ3) is 1.74. The van der Waals surface area contributed by atoms with Crippen LogP contribution in [0.25, 0.3) is 6.08 Å². The highest BCUT2D eigenvalue weighted by atomic mass is 16.5. The molecule has 1 aliphatic carbocycles. The Labute approximate surface area is 101 Å². The molecule has 0 saturated heterocycles. The minimum absolute atomic E-state index is 0.362. The number of ether oxygens (including phenoxy) is 1. The summed E-state index contributed by atoms with van der Waals surface area (Å²) < 4.78 is 5.30. The number of allylic oxidation sites excluding steroid dienone is 1. The fraction of sp³-hybridized carbons (Fsp3) is 0.125. The maximum atomic E-state index is 5.30. The van der Waals surface area contributed by atoms with E-state index >= 15 is 0 Å². The second kappa shape index (κ2) is 4.10. The molecule has 0 spiro atoms. The Morgan fingerprint density at radius 2 is 1.82 bits per heavy atom. The molecule has 0 unspecified atom stereocenters. The van der Waals surface area contributed by atoms with Gasteiger partial charge < -0.3 is 4.74 Å². The quantitative estimate of drug-likeness (QED) is 0.749. The first-order valence-corrected chi connectivity index (χ1v) is 5.79. The van der Waals surface area contributed by atoms with E-state index in [1.54, 1.807) is 7.11 Å². The molecule has 0 radical (unpaired) electrons. The van der Waals surface area contributed by atoms with Crippen LogP contribution in [0.4, 0.5) is 0 Å². The Morgan fingerprint density at radius 3 is 2.59 bits per heavy atom. The van der Waals surface area contributed by atoms with Gasteiger partial charge in [-0.25, -0.2) is 0 Å². The summed E-state index contributed by atoms with van der Waals surface area (Å²) in [5.74, 6) is 1.29. The van der Waals surface area contributed by atoms with Crippen LogP contribution < -0.4 is 4.74 Å². The molecular formula is C16H14O. The van der Waals surface area contributed by atoms with Gasteiger partial charge in [0.1, 0.15) is 5.75 Å². The standard InChI is InChI=1S/C16H14O/c1-17-14-9-7-13-8-10-15(16(13)11-14)12-5-3-2-4-6-12/h2-11,15H,1H3/t15-/m1/s1. The van der Waals surface area contributed by atoms with Gasteiger partial charge in [0.15, 0.2) is 0 Å². The normalized spacial score (nSPS) is 16.9. The van der Waals surface area contributed by atoms with Crippen LogP contribution in [0.1, 0.15) is 22.6 Å². The summed E-state index contributed by atoms with van der Waals surface area (Å²) in [7, 11) is 1.71. The topological polar surface area (TPSA) is 9.23 Å². The molecule has 1 aliphatic rings. The average Bonchev–Trinajstić information content (AvgIpc) is 2.82. The molecule has 1 atom stereocenters. The number of benzene rings is 2. The Hall–Kier alpha value is -2.02. The van der Waals surface area contributed by atoms with E-state index in [4.69, 9.17) is 4.74 Å². The number of fused-ring (bicyclic) bond motifs is 1. The Balaban J connectivity index is 2.06. The Morgan fingerprint density at radius 1 is 1.00 bits per heavy atom. The smallest absolute Gasteiger partial charge is 0.119 e. The van der Waals surface area contributed by atoms with Gasteiger partial charge in [-0.05, 0) is 28.8 Å². The van der Waals surface area contributed by atoms with Gasteiger partial charge in [0.25, 0.3) is 0 Å². The van der Waals surface area contributed by atoms with E-state index in [-0.39, 0.29) is 0 Å². The lowest BCUT2D eigenvalue weighted by Crippen LogP contribution is -1.96. The molecule has 0 aromatic heterocycles. The molecular weight excluding hydrogens is 208 g/mol. The maximum Gasteiger partial charge on any atom is 0.119 e. The summed E-state index contributed by atoms with van der Waals surface area (Å²) in [6.07, 6.45) is 4.44. The lowest BCUT2D eigenvalue weighted by atomic mass is 9.93. The van der Waals surface area contributed by atoms with Crippen molar-refractivity contribution in [1.29, 1.82) is 0 Å². The lowest BCUT2D eigenvalue weighted by molar-refractivity contribution is 0.414. The molecule has 0 fully saturated rings. The van der Waals surface area contributed by atoms with E-state index in [9.17, 15) is 0 Å². The molecule has 0 bridgehead atoms. The molecule has 0 amide bonds. The first-order chi connectivity index (χ1) is 8.38.